The van der Waals surface area contributed by atoms with E-state index in [9.17, 15) is 10.2 Å². The van der Waals surface area contributed by atoms with Crippen molar-refractivity contribution < 1.29 is 24.8 Å². The van der Waals surface area contributed by atoms with Gasteiger partial charge in [-0.3, -0.25) is 0 Å². The average molecular weight is 252 g/mol. The Hall–Kier alpha value is -1.56. The molecule has 1 heterocycles. The Labute approximate surface area is 105 Å². The van der Waals surface area contributed by atoms with Gasteiger partial charge < -0.3 is 24.8 Å². The lowest BCUT2D eigenvalue weighted by atomic mass is 10.0. The maximum atomic E-state index is 9.78. The van der Waals surface area contributed by atoms with Crippen LogP contribution in [0.5, 0.6) is 0 Å². The molecule has 3 N–H and O–H groups in total. The Morgan fingerprint density at radius 2 is 1.94 bits per heavy atom. The number of aliphatic hydroxyl groups is 3. The van der Waals surface area contributed by atoms with Gasteiger partial charge in [0.25, 0.3) is 0 Å². The van der Waals surface area contributed by atoms with Gasteiger partial charge in [0.1, 0.15) is 24.6 Å². The second kappa shape index (κ2) is 5.86. The van der Waals surface area contributed by atoms with Crippen LogP contribution in [-0.2, 0) is 16.1 Å². The van der Waals surface area contributed by atoms with Crippen molar-refractivity contribution in [1.29, 1.82) is 0 Å². The zero-order valence-electron chi connectivity index (χ0n) is 9.77. The first kappa shape index (κ1) is 12.9. The van der Waals surface area contributed by atoms with Crippen molar-refractivity contribution in [2.45, 2.75) is 24.9 Å². The molecule has 3 atom stereocenters. The van der Waals surface area contributed by atoms with Gasteiger partial charge in [0.05, 0.1) is 13.2 Å². The highest BCUT2D eigenvalue weighted by molar-refractivity contribution is 5.14. The van der Waals surface area contributed by atoms with Gasteiger partial charge in [-0.2, -0.15) is 0 Å². The lowest BCUT2D eigenvalue weighted by Crippen LogP contribution is -2.46. The number of aliphatic hydroxyl groups excluding tert-OH is 3. The summed E-state index contributed by atoms with van der Waals surface area (Å²) in [6, 6.07) is 9.44. The van der Waals surface area contributed by atoms with Crippen LogP contribution in [0.25, 0.3) is 0 Å². The minimum atomic E-state index is -1.18. The molecule has 0 bridgehead atoms. The lowest BCUT2D eigenvalue weighted by molar-refractivity contribution is -0.136. The second-order valence-corrected chi connectivity index (χ2v) is 4.11. The summed E-state index contributed by atoms with van der Waals surface area (Å²) in [5.41, 5.74) is 0.940. The van der Waals surface area contributed by atoms with Crippen LogP contribution in [0.4, 0.5) is 0 Å². The molecule has 0 saturated heterocycles. The number of rotatable bonds is 4. The molecule has 1 aliphatic rings. The Kier molecular flexibility index (Phi) is 4.19. The van der Waals surface area contributed by atoms with Gasteiger partial charge in [-0.15, -0.1) is 0 Å². The van der Waals surface area contributed by atoms with Crippen molar-refractivity contribution >= 4 is 0 Å². The Morgan fingerprint density at radius 3 is 2.61 bits per heavy atom. The number of hydrogen-bond acceptors (Lipinski definition) is 5. The van der Waals surface area contributed by atoms with Crippen LogP contribution in [-0.4, -0.2) is 40.2 Å². The summed E-state index contributed by atoms with van der Waals surface area (Å²) in [6.07, 6.45) is -1.62. The third-order valence-corrected chi connectivity index (χ3v) is 2.81. The molecule has 0 spiro atoms. The molecule has 5 heteroatoms. The number of hydrogen-bond donors (Lipinski definition) is 3. The topological polar surface area (TPSA) is 79.2 Å². The van der Waals surface area contributed by atoms with E-state index in [1.807, 2.05) is 30.3 Å². The molecule has 0 radical (unpaired) electrons. The van der Waals surface area contributed by atoms with Crippen molar-refractivity contribution in [2.24, 2.45) is 0 Å². The number of benzene rings is 1. The monoisotopic (exact) mass is 252 g/mol. The number of ether oxygens (including phenoxy) is 2. The van der Waals surface area contributed by atoms with E-state index in [1.54, 1.807) is 0 Å². The van der Waals surface area contributed by atoms with Crippen LogP contribution in [0.3, 0.4) is 0 Å². The average Bonchev–Trinajstić information content (AvgIpc) is 2.41. The molecule has 1 aromatic rings. The summed E-state index contributed by atoms with van der Waals surface area (Å²) in [7, 11) is 0. The smallest absolute Gasteiger partial charge is 0.158 e. The fraction of sp³-hybridized carbons (Fsp3) is 0.385. The van der Waals surface area contributed by atoms with E-state index in [0.717, 1.165) is 11.8 Å². The Balaban J connectivity index is 2.00. The van der Waals surface area contributed by atoms with Gasteiger partial charge >= 0.3 is 0 Å². The van der Waals surface area contributed by atoms with E-state index in [0.29, 0.717) is 0 Å². The largest absolute Gasteiger partial charge is 0.506 e. The van der Waals surface area contributed by atoms with E-state index in [2.05, 4.69) is 0 Å². The second-order valence-electron chi connectivity index (χ2n) is 4.11. The normalized spacial score (nSPS) is 27.4. The van der Waals surface area contributed by atoms with Gasteiger partial charge in [0.2, 0.25) is 0 Å². The molecule has 98 valence electrons. The molecule has 18 heavy (non-hydrogen) atoms. The molecule has 0 saturated carbocycles. The van der Waals surface area contributed by atoms with Crippen LogP contribution in [0.1, 0.15) is 5.56 Å². The van der Waals surface area contributed by atoms with Gasteiger partial charge in [-0.1, -0.05) is 30.3 Å². The van der Waals surface area contributed by atoms with Crippen molar-refractivity contribution in [3.63, 3.8) is 0 Å². The van der Waals surface area contributed by atoms with E-state index in [1.165, 1.54) is 0 Å². The van der Waals surface area contributed by atoms with Gasteiger partial charge in [0.15, 0.2) is 5.76 Å². The standard InChI is InChI=1S/C13H16O5/c14-6-11-13(12(16)10(15)8-17-11)18-7-9-4-2-1-3-5-9/h1-5,8,11-16H,6-7H2. The fourth-order valence-corrected chi connectivity index (χ4v) is 1.79. The Morgan fingerprint density at radius 1 is 1.22 bits per heavy atom. The van der Waals surface area contributed by atoms with Crippen LogP contribution in [0.15, 0.2) is 42.4 Å². The van der Waals surface area contributed by atoms with Crippen LogP contribution in [0.2, 0.25) is 0 Å². The van der Waals surface area contributed by atoms with Crippen molar-refractivity contribution in [3.05, 3.63) is 47.9 Å². The van der Waals surface area contributed by atoms with E-state index < -0.39 is 18.3 Å². The van der Waals surface area contributed by atoms with Crippen LogP contribution < -0.4 is 0 Å². The molecule has 1 aliphatic heterocycles. The first-order chi connectivity index (χ1) is 8.72. The van der Waals surface area contributed by atoms with Gasteiger partial charge in [0, 0.05) is 0 Å². The minimum Gasteiger partial charge on any atom is -0.506 e. The summed E-state index contributed by atoms with van der Waals surface area (Å²) in [5, 5.41) is 28.3. The SMILES string of the molecule is OCC1OC=C(O)C(O)C1OCc1ccccc1. The highest BCUT2D eigenvalue weighted by atomic mass is 16.6. The molecule has 1 aromatic carbocycles. The molecule has 0 fully saturated rings. The third kappa shape index (κ3) is 2.81. The molecule has 3 unspecified atom stereocenters. The van der Waals surface area contributed by atoms with E-state index in [-0.39, 0.29) is 19.0 Å². The summed E-state index contributed by atoms with van der Waals surface area (Å²) < 4.78 is 10.6. The van der Waals surface area contributed by atoms with E-state index >= 15 is 0 Å². The molecular formula is C13H16O5. The lowest BCUT2D eigenvalue weighted by Gasteiger charge is -2.32. The molecular weight excluding hydrogens is 236 g/mol. The first-order valence-corrected chi connectivity index (χ1v) is 5.71. The van der Waals surface area contributed by atoms with Crippen molar-refractivity contribution in [3.8, 4) is 0 Å². The van der Waals surface area contributed by atoms with Crippen LogP contribution in [0, 0.1) is 0 Å². The molecule has 0 aromatic heterocycles. The highest BCUT2D eigenvalue weighted by Gasteiger charge is 2.36. The first-order valence-electron chi connectivity index (χ1n) is 5.71. The zero-order chi connectivity index (χ0) is 13.0. The summed E-state index contributed by atoms with van der Waals surface area (Å²) in [4.78, 5) is 0. The Bertz CT molecular complexity index is 403. The summed E-state index contributed by atoms with van der Waals surface area (Å²) >= 11 is 0. The molecule has 2 rings (SSSR count). The predicted octanol–water partition coefficient (Wildman–Crippen LogP) is 0.723. The maximum absolute atomic E-state index is 9.78. The quantitative estimate of drug-likeness (QED) is 0.736. The van der Waals surface area contributed by atoms with Gasteiger partial charge in [-0.25, -0.2) is 0 Å². The summed E-state index contributed by atoms with van der Waals surface area (Å²) in [5.74, 6) is -0.294. The van der Waals surface area contributed by atoms with Crippen LogP contribution >= 0.6 is 0 Å². The highest BCUT2D eigenvalue weighted by Crippen LogP contribution is 2.21. The molecule has 5 nitrogen and oxygen atoms in total. The van der Waals surface area contributed by atoms with E-state index in [4.69, 9.17) is 14.6 Å². The summed E-state index contributed by atoms with van der Waals surface area (Å²) in [6.45, 7) is -0.0179. The molecule has 0 aliphatic carbocycles. The zero-order valence-corrected chi connectivity index (χ0v) is 9.77. The third-order valence-electron chi connectivity index (χ3n) is 2.81. The fourth-order valence-electron chi connectivity index (χ4n) is 1.79. The predicted molar refractivity (Wildman–Crippen MR) is 63.7 cm³/mol. The molecule has 0 amide bonds. The minimum absolute atomic E-state index is 0.274. The van der Waals surface area contributed by atoms with Crippen molar-refractivity contribution in [1.82, 2.24) is 0 Å². The maximum Gasteiger partial charge on any atom is 0.158 e. The van der Waals surface area contributed by atoms with Crippen molar-refractivity contribution in [2.75, 3.05) is 6.61 Å². The van der Waals surface area contributed by atoms with Gasteiger partial charge in [-0.05, 0) is 5.56 Å².